The van der Waals surface area contributed by atoms with Gasteiger partial charge in [0.1, 0.15) is 0 Å². The number of hydrogen-bond donors (Lipinski definition) is 2. The molecule has 1 atom stereocenters. The van der Waals surface area contributed by atoms with Gasteiger partial charge in [-0.15, -0.1) is 11.3 Å². The van der Waals surface area contributed by atoms with Crippen LogP contribution in [0.3, 0.4) is 0 Å². The molecule has 0 unspecified atom stereocenters. The lowest BCUT2D eigenvalue weighted by Gasteiger charge is -2.16. The number of thiophene rings is 1. The second-order valence-corrected chi connectivity index (χ2v) is 8.00. The fourth-order valence-corrected chi connectivity index (χ4v) is 4.09. The van der Waals surface area contributed by atoms with Crippen molar-refractivity contribution in [3.63, 3.8) is 0 Å². The van der Waals surface area contributed by atoms with Gasteiger partial charge < -0.3 is 11.1 Å². The van der Waals surface area contributed by atoms with Crippen LogP contribution in [-0.2, 0) is 13.5 Å². The van der Waals surface area contributed by atoms with Crippen LogP contribution in [0, 0.1) is 25.5 Å². The molecule has 0 aliphatic rings. The first-order chi connectivity index (χ1) is 13.3. The SMILES string of the molecule is Cc1cnn(C)c1-c1cc(C(=O)N[C@H](CN)Cc2ccc(F)c(F)c2)sc1C. The third-order valence-corrected chi connectivity index (χ3v) is 5.65. The highest BCUT2D eigenvalue weighted by molar-refractivity contribution is 7.14. The van der Waals surface area contributed by atoms with Gasteiger partial charge in [0, 0.05) is 30.1 Å². The van der Waals surface area contributed by atoms with Gasteiger partial charge in [-0.1, -0.05) is 6.07 Å². The zero-order chi connectivity index (χ0) is 20.4. The zero-order valence-electron chi connectivity index (χ0n) is 15.9. The van der Waals surface area contributed by atoms with Crippen LogP contribution in [-0.4, -0.2) is 28.3 Å². The Hall–Kier alpha value is -2.58. The van der Waals surface area contributed by atoms with Crippen LogP contribution in [0.2, 0.25) is 0 Å². The second-order valence-electron chi connectivity index (χ2n) is 6.74. The highest BCUT2D eigenvalue weighted by atomic mass is 32.1. The first-order valence-corrected chi connectivity index (χ1v) is 9.66. The van der Waals surface area contributed by atoms with E-state index in [1.54, 1.807) is 10.9 Å². The maximum absolute atomic E-state index is 13.4. The Labute approximate surface area is 166 Å². The summed E-state index contributed by atoms with van der Waals surface area (Å²) < 4.78 is 28.3. The molecule has 0 bridgehead atoms. The number of nitrogens with zero attached hydrogens (tertiary/aromatic N) is 2. The van der Waals surface area contributed by atoms with Crippen LogP contribution < -0.4 is 11.1 Å². The highest BCUT2D eigenvalue weighted by Crippen LogP contribution is 2.32. The minimum Gasteiger partial charge on any atom is -0.347 e. The summed E-state index contributed by atoms with van der Waals surface area (Å²) in [6.45, 7) is 4.12. The molecule has 3 rings (SSSR count). The van der Waals surface area contributed by atoms with Crippen LogP contribution in [0.5, 0.6) is 0 Å². The van der Waals surface area contributed by atoms with Crippen molar-refractivity contribution in [3.05, 3.63) is 63.0 Å². The summed E-state index contributed by atoms with van der Waals surface area (Å²) >= 11 is 1.40. The molecule has 0 spiro atoms. The molecule has 3 N–H and O–H groups in total. The maximum Gasteiger partial charge on any atom is 0.261 e. The van der Waals surface area contributed by atoms with E-state index in [1.165, 1.54) is 17.4 Å². The van der Waals surface area contributed by atoms with E-state index in [9.17, 15) is 13.6 Å². The molecule has 8 heteroatoms. The summed E-state index contributed by atoms with van der Waals surface area (Å²) in [6, 6.07) is 5.16. The monoisotopic (exact) mass is 404 g/mol. The van der Waals surface area contributed by atoms with Gasteiger partial charge in [-0.3, -0.25) is 9.48 Å². The molecule has 2 heterocycles. The number of benzene rings is 1. The third kappa shape index (κ3) is 4.13. The fraction of sp³-hybridized carbons (Fsp3) is 0.300. The largest absolute Gasteiger partial charge is 0.347 e. The molecule has 0 aliphatic heterocycles. The Kier molecular flexibility index (Phi) is 5.90. The summed E-state index contributed by atoms with van der Waals surface area (Å²) in [5.74, 6) is -2.05. The van der Waals surface area contributed by atoms with Crippen LogP contribution in [0.1, 0.15) is 25.7 Å². The Balaban J connectivity index is 1.76. The summed E-state index contributed by atoms with van der Waals surface area (Å²) in [6.07, 6.45) is 2.11. The van der Waals surface area contributed by atoms with E-state index in [0.717, 1.165) is 33.8 Å². The number of rotatable bonds is 6. The predicted molar refractivity (Wildman–Crippen MR) is 106 cm³/mol. The van der Waals surface area contributed by atoms with Crippen LogP contribution in [0.15, 0.2) is 30.5 Å². The lowest BCUT2D eigenvalue weighted by molar-refractivity contribution is 0.0942. The first kappa shape index (κ1) is 20.2. The van der Waals surface area contributed by atoms with Crippen molar-refractivity contribution in [1.82, 2.24) is 15.1 Å². The lowest BCUT2D eigenvalue weighted by Crippen LogP contribution is -2.41. The van der Waals surface area contributed by atoms with E-state index in [1.807, 2.05) is 27.0 Å². The van der Waals surface area contributed by atoms with E-state index in [4.69, 9.17) is 5.73 Å². The standard InChI is InChI=1S/C20H22F2N4OS/c1-11-10-24-26(3)19(11)15-8-18(28-12(15)2)20(27)25-14(9-23)6-13-4-5-16(21)17(22)7-13/h4-5,7-8,10,14H,6,9,23H2,1-3H3,(H,25,27)/t14-/m0/s1. The molecule has 2 aromatic heterocycles. The molecular formula is C20H22F2N4OS. The minimum absolute atomic E-state index is 0.183. The molecule has 0 fully saturated rings. The highest BCUT2D eigenvalue weighted by Gasteiger charge is 2.20. The van der Waals surface area contributed by atoms with Crippen molar-refractivity contribution in [2.45, 2.75) is 26.3 Å². The molecular weight excluding hydrogens is 382 g/mol. The average Bonchev–Trinajstić information content (AvgIpc) is 3.19. The van der Waals surface area contributed by atoms with E-state index >= 15 is 0 Å². The first-order valence-electron chi connectivity index (χ1n) is 8.84. The van der Waals surface area contributed by atoms with Gasteiger partial charge in [0.15, 0.2) is 11.6 Å². The molecule has 3 aromatic rings. The van der Waals surface area contributed by atoms with Crippen LogP contribution in [0.25, 0.3) is 11.3 Å². The summed E-state index contributed by atoms with van der Waals surface area (Å²) in [5.41, 5.74) is 9.33. The normalized spacial score (nSPS) is 12.2. The number of halogens is 2. The number of nitrogens with two attached hydrogens (primary N) is 1. The maximum atomic E-state index is 13.4. The van der Waals surface area contributed by atoms with E-state index < -0.39 is 11.6 Å². The Morgan fingerprint density at radius 2 is 2.04 bits per heavy atom. The Morgan fingerprint density at radius 1 is 1.29 bits per heavy atom. The minimum atomic E-state index is -0.912. The molecule has 0 aliphatic carbocycles. The van der Waals surface area contributed by atoms with Gasteiger partial charge in [0.2, 0.25) is 0 Å². The fourth-order valence-electron chi connectivity index (χ4n) is 3.16. The number of hydrogen-bond acceptors (Lipinski definition) is 4. The van der Waals surface area contributed by atoms with Gasteiger partial charge in [-0.2, -0.15) is 5.10 Å². The summed E-state index contributed by atoms with van der Waals surface area (Å²) in [7, 11) is 1.87. The quantitative estimate of drug-likeness (QED) is 0.662. The van der Waals surface area contributed by atoms with Crippen LogP contribution in [0.4, 0.5) is 8.78 Å². The lowest BCUT2D eigenvalue weighted by atomic mass is 10.1. The number of nitrogens with one attached hydrogen (secondary N) is 1. The summed E-state index contributed by atoms with van der Waals surface area (Å²) in [5, 5.41) is 7.14. The van der Waals surface area contributed by atoms with E-state index in [2.05, 4.69) is 10.4 Å². The number of aromatic nitrogens is 2. The van der Waals surface area contributed by atoms with Crippen molar-refractivity contribution in [1.29, 1.82) is 0 Å². The molecule has 28 heavy (non-hydrogen) atoms. The number of aryl methyl sites for hydroxylation is 3. The van der Waals surface area contributed by atoms with E-state index in [-0.39, 0.29) is 18.5 Å². The van der Waals surface area contributed by atoms with Gasteiger partial charge >= 0.3 is 0 Å². The Bertz CT molecular complexity index is 992. The van der Waals surface area contributed by atoms with Crippen molar-refractivity contribution in [3.8, 4) is 11.3 Å². The number of carbonyl (C=O) groups is 1. The average molecular weight is 404 g/mol. The Morgan fingerprint density at radius 3 is 2.64 bits per heavy atom. The molecule has 1 aromatic carbocycles. The topological polar surface area (TPSA) is 72.9 Å². The molecule has 0 radical (unpaired) electrons. The van der Waals surface area contributed by atoms with E-state index in [0.29, 0.717) is 16.9 Å². The van der Waals surface area contributed by atoms with Crippen molar-refractivity contribution < 1.29 is 13.6 Å². The molecule has 0 saturated heterocycles. The molecule has 1 amide bonds. The van der Waals surface area contributed by atoms with Gasteiger partial charge in [0.05, 0.1) is 16.8 Å². The number of carbonyl (C=O) groups excluding carboxylic acids is 1. The number of amides is 1. The van der Waals surface area contributed by atoms with Gasteiger partial charge in [0.25, 0.3) is 5.91 Å². The van der Waals surface area contributed by atoms with Crippen molar-refractivity contribution >= 4 is 17.2 Å². The molecule has 0 saturated carbocycles. The summed E-state index contributed by atoms with van der Waals surface area (Å²) in [4.78, 5) is 14.3. The van der Waals surface area contributed by atoms with Crippen molar-refractivity contribution in [2.24, 2.45) is 12.8 Å². The molecule has 5 nitrogen and oxygen atoms in total. The zero-order valence-corrected chi connectivity index (χ0v) is 16.7. The third-order valence-electron chi connectivity index (χ3n) is 4.60. The second kappa shape index (κ2) is 8.20. The van der Waals surface area contributed by atoms with Crippen LogP contribution >= 0.6 is 11.3 Å². The van der Waals surface area contributed by atoms with Crippen molar-refractivity contribution in [2.75, 3.05) is 6.54 Å². The van der Waals surface area contributed by atoms with Gasteiger partial charge in [-0.25, -0.2) is 8.78 Å². The molecule has 148 valence electrons. The smallest absolute Gasteiger partial charge is 0.261 e. The van der Waals surface area contributed by atoms with Gasteiger partial charge in [-0.05, 0) is 49.6 Å². The predicted octanol–water partition coefficient (Wildman–Crippen LogP) is 3.34.